The lowest BCUT2D eigenvalue weighted by Crippen LogP contribution is -2.52. The maximum absolute atomic E-state index is 6.49. The molecule has 0 saturated carbocycles. The molecule has 5 heteroatoms. The van der Waals surface area contributed by atoms with E-state index >= 15 is 0 Å². The van der Waals surface area contributed by atoms with Crippen molar-refractivity contribution in [3.05, 3.63) is 0 Å². The van der Waals surface area contributed by atoms with Gasteiger partial charge in [0.05, 0.1) is 19.8 Å². The number of hydrogen-bond acceptors (Lipinski definition) is 4. The molecule has 0 bridgehead atoms. The Hall–Kier alpha value is -0.200. The molecule has 0 aliphatic rings. The van der Waals surface area contributed by atoms with Crippen LogP contribution in [0.2, 0.25) is 0 Å². The van der Waals surface area contributed by atoms with E-state index in [2.05, 4.69) is 41.5 Å². The average Bonchev–Trinajstić information content (AvgIpc) is 2.75. The lowest BCUT2D eigenvalue weighted by atomic mass is 10.1. The van der Waals surface area contributed by atoms with Crippen molar-refractivity contribution in [2.24, 2.45) is 5.92 Å². The zero-order chi connectivity index (χ0) is 23.2. The minimum absolute atomic E-state index is 0. The first-order valence-corrected chi connectivity index (χ1v) is 13.6. The van der Waals surface area contributed by atoms with Gasteiger partial charge in [0, 0.05) is 6.61 Å². The van der Waals surface area contributed by atoms with E-state index in [0.717, 1.165) is 58.0 Å². The van der Waals surface area contributed by atoms with Crippen molar-refractivity contribution in [3.8, 4) is 0 Å². The van der Waals surface area contributed by atoms with Crippen LogP contribution in [0.3, 0.4) is 0 Å². The van der Waals surface area contributed by atoms with Crippen molar-refractivity contribution in [3.63, 3.8) is 0 Å². The fourth-order valence-electron chi connectivity index (χ4n) is 3.46. The lowest BCUT2D eigenvalue weighted by Gasteiger charge is -2.39. The smallest absolute Gasteiger partial charge is 0.310 e. The van der Waals surface area contributed by atoms with E-state index in [0.29, 0.717) is 25.7 Å². The Balaban J connectivity index is 0. The largest absolute Gasteiger partial charge is 0.412 e. The normalized spacial score (nSPS) is 14.3. The molecule has 0 saturated heterocycles. The van der Waals surface area contributed by atoms with Gasteiger partial charge in [0.1, 0.15) is 6.10 Å². The van der Waals surface area contributed by atoms with Crippen LogP contribution in [0.5, 0.6) is 0 Å². The third-order valence-corrected chi connectivity index (χ3v) is 5.63. The summed E-state index contributed by atoms with van der Waals surface area (Å²) in [5.74, 6) is -0.488. The summed E-state index contributed by atoms with van der Waals surface area (Å²) in [5.41, 5.74) is 0. The van der Waals surface area contributed by atoms with Crippen LogP contribution in [0.1, 0.15) is 131 Å². The summed E-state index contributed by atoms with van der Waals surface area (Å²) in [6, 6.07) is 0. The van der Waals surface area contributed by atoms with Crippen molar-refractivity contribution in [2.75, 3.05) is 26.4 Å². The van der Waals surface area contributed by atoms with Gasteiger partial charge in [-0.25, -0.2) is 0 Å². The highest BCUT2D eigenvalue weighted by atomic mass is 16.9. The Morgan fingerprint density at radius 3 is 1.59 bits per heavy atom. The van der Waals surface area contributed by atoms with Crippen molar-refractivity contribution in [1.82, 2.24) is 0 Å². The van der Waals surface area contributed by atoms with Gasteiger partial charge < -0.3 is 24.4 Å². The van der Waals surface area contributed by atoms with E-state index in [4.69, 9.17) is 18.9 Å². The number of unbranched alkanes of at least 4 members (excludes halogenated alkanes) is 8. The van der Waals surface area contributed by atoms with Crippen molar-refractivity contribution < 1.29 is 24.4 Å². The predicted molar refractivity (Wildman–Crippen MR) is 136 cm³/mol. The van der Waals surface area contributed by atoms with Crippen LogP contribution in [0, 0.1) is 5.92 Å². The first-order valence-electron chi connectivity index (χ1n) is 13.6. The fraction of sp³-hybridized carbons (Fsp3) is 1.00. The van der Waals surface area contributed by atoms with Crippen LogP contribution in [-0.2, 0) is 18.9 Å². The van der Waals surface area contributed by atoms with E-state index in [1.54, 1.807) is 0 Å². The highest BCUT2D eigenvalue weighted by Gasteiger charge is 2.43. The average molecular weight is 463 g/mol. The molecule has 0 rings (SSSR count). The highest BCUT2D eigenvalue weighted by molar-refractivity contribution is 4.74. The molecule has 0 aromatic carbocycles. The van der Waals surface area contributed by atoms with Gasteiger partial charge in [0.25, 0.3) is 0 Å². The van der Waals surface area contributed by atoms with Gasteiger partial charge in [-0.05, 0) is 38.0 Å². The van der Waals surface area contributed by atoms with Gasteiger partial charge >= 0.3 is 5.97 Å². The zero-order valence-electron chi connectivity index (χ0n) is 22.5. The van der Waals surface area contributed by atoms with Crippen LogP contribution in [0.4, 0.5) is 0 Å². The molecule has 32 heavy (non-hydrogen) atoms. The minimum Gasteiger partial charge on any atom is -0.412 e. The summed E-state index contributed by atoms with van der Waals surface area (Å²) in [6.07, 6.45) is 15.5. The van der Waals surface area contributed by atoms with Crippen LogP contribution < -0.4 is 0 Å². The van der Waals surface area contributed by atoms with E-state index in [1.165, 1.54) is 38.5 Å². The molecule has 0 aromatic heterocycles. The Morgan fingerprint density at radius 1 is 0.531 bits per heavy atom. The molecule has 0 heterocycles. The summed E-state index contributed by atoms with van der Waals surface area (Å²) >= 11 is 0. The number of rotatable bonds is 24. The van der Waals surface area contributed by atoms with Crippen LogP contribution >= 0.6 is 0 Å². The van der Waals surface area contributed by atoms with Crippen LogP contribution in [-0.4, -0.2) is 44.0 Å². The second-order valence-electron chi connectivity index (χ2n) is 9.31. The van der Waals surface area contributed by atoms with Crippen LogP contribution in [0.15, 0.2) is 0 Å². The Kier molecular flexibility index (Phi) is 25.4. The van der Waals surface area contributed by atoms with E-state index < -0.39 is 5.97 Å². The molecule has 0 spiro atoms. The molecule has 0 fully saturated rings. The Labute approximate surface area is 200 Å². The maximum Gasteiger partial charge on any atom is 0.310 e. The van der Waals surface area contributed by atoms with Gasteiger partial charge in [-0.3, -0.25) is 0 Å². The first kappa shape index (κ1) is 34.0. The summed E-state index contributed by atoms with van der Waals surface area (Å²) < 4.78 is 25.9. The van der Waals surface area contributed by atoms with E-state index in [9.17, 15) is 0 Å². The maximum atomic E-state index is 6.49. The zero-order valence-corrected chi connectivity index (χ0v) is 22.5. The quantitative estimate of drug-likeness (QED) is 0.110. The van der Waals surface area contributed by atoms with E-state index in [1.807, 2.05) is 0 Å². The molecule has 2 atom stereocenters. The molecule has 0 aliphatic heterocycles. The summed E-state index contributed by atoms with van der Waals surface area (Å²) in [6.45, 7) is 16.1. The van der Waals surface area contributed by atoms with Crippen molar-refractivity contribution in [2.45, 2.75) is 144 Å². The van der Waals surface area contributed by atoms with Gasteiger partial charge in [0.2, 0.25) is 0 Å². The molecule has 2 unspecified atom stereocenters. The minimum atomic E-state index is -1.07. The summed E-state index contributed by atoms with van der Waals surface area (Å²) in [7, 11) is 0. The van der Waals surface area contributed by atoms with Crippen molar-refractivity contribution in [1.29, 1.82) is 0 Å². The molecule has 0 aromatic rings. The predicted octanol–water partition coefficient (Wildman–Crippen LogP) is 7.45. The van der Waals surface area contributed by atoms with E-state index in [-0.39, 0.29) is 11.6 Å². The molecule has 0 amide bonds. The molecule has 0 aliphatic carbocycles. The molecular weight excluding hydrogens is 404 g/mol. The van der Waals surface area contributed by atoms with Crippen LogP contribution in [0.25, 0.3) is 0 Å². The summed E-state index contributed by atoms with van der Waals surface area (Å²) in [5, 5.41) is 0. The molecule has 0 radical (unpaired) electrons. The van der Waals surface area contributed by atoms with Gasteiger partial charge in [-0.1, -0.05) is 99.3 Å². The molecular formula is C27H58O5. The van der Waals surface area contributed by atoms with Gasteiger partial charge in [-0.15, -0.1) is 0 Å². The summed E-state index contributed by atoms with van der Waals surface area (Å²) in [4.78, 5) is 0. The van der Waals surface area contributed by atoms with Gasteiger partial charge in [0.15, 0.2) is 0 Å². The second kappa shape index (κ2) is 23.9. The monoisotopic (exact) mass is 462 g/mol. The number of hydrogen-bond donors (Lipinski definition) is 0. The fourth-order valence-corrected chi connectivity index (χ4v) is 3.46. The molecule has 5 nitrogen and oxygen atoms in total. The van der Waals surface area contributed by atoms with Gasteiger partial charge in [-0.2, -0.15) is 0 Å². The van der Waals surface area contributed by atoms with Crippen molar-refractivity contribution >= 4 is 0 Å². The standard InChI is InChI=1S/C27H56O4.H2O/c1-7-11-15-18-23-30-27(29-22-17-13-9-3,31-24-20-25(5)6)26(19-16-12-8-2)28-21-14-10-4;/h25-26H,7-24H2,1-6H3;1H2. The topological polar surface area (TPSA) is 68.4 Å². The molecule has 196 valence electrons. The lowest BCUT2D eigenvalue weighted by molar-refractivity contribution is -0.419. The second-order valence-corrected chi connectivity index (χ2v) is 9.31. The third kappa shape index (κ3) is 17.3. The highest BCUT2D eigenvalue weighted by Crippen LogP contribution is 2.29. The molecule has 2 N–H and O–H groups in total. The third-order valence-electron chi connectivity index (χ3n) is 5.63. The number of ether oxygens (including phenoxy) is 4. The SMILES string of the molecule is CCCCCCOC(OCCCCC)(OCCC(C)C)C(CCCCC)OCCCC.O. The Morgan fingerprint density at radius 2 is 1.03 bits per heavy atom. The first-order chi connectivity index (χ1) is 15.1. The Bertz CT molecular complexity index is 354.